The van der Waals surface area contributed by atoms with Crippen LogP contribution in [-0.2, 0) is 9.59 Å². The van der Waals surface area contributed by atoms with E-state index in [0.717, 1.165) is 12.8 Å². The fourth-order valence-electron chi connectivity index (χ4n) is 3.18. The van der Waals surface area contributed by atoms with Gasteiger partial charge in [0.15, 0.2) is 11.5 Å². The van der Waals surface area contributed by atoms with Gasteiger partial charge in [-0.15, -0.1) is 0 Å². The lowest BCUT2D eigenvalue weighted by molar-refractivity contribution is -0.134. The van der Waals surface area contributed by atoms with Crippen LogP contribution in [0.1, 0.15) is 12.8 Å². The van der Waals surface area contributed by atoms with E-state index >= 15 is 0 Å². The molecule has 1 unspecified atom stereocenters. The molecule has 1 fully saturated rings. The second-order valence-corrected chi connectivity index (χ2v) is 6.41. The maximum atomic E-state index is 12.7. The maximum Gasteiger partial charge on any atom is 0.242 e. The number of nitrogens with one attached hydrogen (secondary N) is 2. The van der Waals surface area contributed by atoms with Crippen LogP contribution in [0, 0.1) is 5.92 Å². The third-order valence-electron chi connectivity index (χ3n) is 4.53. The smallest absolute Gasteiger partial charge is 0.242 e. The lowest BCUT2D eigenvalue weighted by Crippen LogP contribution is -2.48. The Labute approximate surface area is 151 Å². The second kappa shape index (κ2) is 8.09. The van der Waals surface area contributed by atoms with Crippen molar-refractivity contribution in [2.45, 2.75) is 12.8 Å². The van der Waals surface area contributed by atoms with Crippen LogP contribution in [0.4, 0.5) is 5.82 Å². The average Bonchev–Trinajstić information content (AvgIpc) is 3.14. The Balaban J connectivity index is 1.62. The summed E-state index contributed by atoms with van der Waals surface area (Å²) in [6, 6.07) is 0. The highest BCUT2D eigenvalue weighted by molar-refractivity contribution is 5.87. The van der Waals surface area contributed by atoms with Crippen LogP contribution >= 0.6 is 0 Å². The third kappa shape index (κ3) is 3.90. The fourth-order valence-corrected chi connectivity index (χ4v) is 3.18. The molecule has 2 aromatic rings. The number of anilines is 1. The largest absolute Gasteiger partial charge is 0.355 e. The molecule has 2 aromatic heterocycles. The van der Waals surface area contributed by atoms with Crippen molar-refractivity contribution in [1.82, 2.24) is 30.2 Å². The number of amides is 2. The van der Waals surface area contributed by atoms with Crippen molar-refractivity contribution >= 4 is 28.8 Å². The van der Waals surface area contributed by atoms with Crippen LogP contribution in [0.25, 0.3) is 11.2 Å². The van der Waals surface area contributed by atoms with Crippen molar-refractivity contribution in [3.8, 4) is 0 Å². The van der Waals surface area contributed by atoms with Gasteiger partial charge in [-0.05, 0) is 12.8 Å². The number of rotatable bonds is 6. The Kier molecular flexibility index (Phi) is 5.61. The number of aromatic nitrogens is 4. The highest BCUT2D eigenvalue weighted by Crippen LogP contribution is 2.20. The predicted molar refractivity (Wildman–Crippen MR) is 96.3 cm³/mol. The quantitative estimate of drug-likeness (QED) is 0.608. The van der Waals surface area contributed by atoms with Gasteiger partial charge in [-0.25, -0.2) is 15.0 Å². The molecule has 4 N–H and O–H groups in total. The minimum atomic E-state index is -0.178. The number of nitrogens with two attached hydrogens (primary N) is 1. The number of carbonyl (C=O) groups is 2. The Hall–Kier alpha value is -2.75. The van der Waals surface area contributed by atoms with Crippen LogP contribution in [0.3, 0.4) is 0 Å². The molecule has 140 valence electrons. The zero-order valence-electron chi connectivity index (χ0n) is 14.8. The van der Waals surface area contributed by atoms with Gasteiger partial charge in [-0.2, -0.15) is 0 Å². The van der Waals surface area contributed by atoms with Crippen molar-refractivity contribution in [2.75, 3.05) is 44.7 Å². The van der Waals surface area contributed by atoms with Crippen molar-refractivity contribution in [1.29, 1.82) is 0 Å². The third-order valence-corrected chi connectivity index (χ3v) is 4.53. The minimum Gasteiger partial charge on any atom is -0.355 e. The van der Waals surface area contributed by atoms with Gasteiger partial charge < -0.3 is 25.8 Å². The number of hydrogen-bond donors (Lipinski definition) is 3. The van der Waals surface area contributed by atoms with E-state index in [2.05, 4.69) is 25.3 Å². The van der Waals surface area contributed by atoms with Crippen molar-refractivity contribution in [3.63, 3.8) is 0 Å². The lowest BCUT2D eigenvalue weighted by Gasteiger charge is -2.33. The molecule has 0 spiro atoms. The van der Waals surface area contributed by atoms with Crippen molar-refractivity contribution in [2.24, 2.45) is 11.7 Å². The number of piperidine rings is 1. The predicted octanol–water partition coefficient (Wildman–Crippen LogP) is -0.897. The molecule has 1 aliphatic rings. The first-order valence-corrected chi connectivity index (χ1v) is 8.71. The first-order chi connectivity index (χ1) is 12.6. The van der Waals surface area contributed by atoms with E-state index in [1.165, 1.54) is 6.33 Å². The molecular formula is C16H24N8O2. The molecule has 1 saturated heterocycles. The molecule has 0 saturated carbocycles. The normalized spacial score (nSPS) is 17.3. The lowest BCUT2D eigenvalue weighted by atomic mass is 9.97. The van der Waals surface area contributed by atoms with Gasteiger partial charge in [-0.1, -0.05) is 0 Å². The van der Waals surface area contributed by atoms with E-state index in [1.54, 1.807) is 23.2 Å². The monoisotopic (exact) mass is 360 g/mol. The van der Waals surface area contributed by atoms with Gasteiger partial charge in [0.1, 0.15) is 11.8 Å². The topological polar surface area (TPSA) is 133 Å². The number of hydrogen-bond acceptors (Lipinski definition) is 7. The average molecular weight is 360 g/mol. The van der Waals surface area contributed by atoms with Crippen LogP contribution in [0.2, 0.25) is 0 Å². The summed E-state index contributed by atoms with van der Waals surface area (Å²) in [4.78, 5) is 43.8. The molecule has 2 amide bonds. The summed E-state index contributed by atoms with van der Waals surface area (Å²) in [6.07, 6.45) is 4.58. The fraction of sp³-hybridized carbons (Fsp3) is 0.562. The highest BCUT2D eigenvalue weighted by atomic mass is 16.2. The summed E-state index contributed by atoms with van der Waals surface area (Å²) >= 11 is 0. The summed E-state index contributed by atoms with van der Waals surface area (Å²) in [6.45, 7) is 2.14. The Morgan fingerprint density at radius 1 is 1.42 bits per heavy atom. The Bertz CT molecular complexity index is 776. The molecule has 0 aromatic carbocycles. The molecular weight excluding hydrogens is 336 g/mol. The number of likely N-dealkylation sites (tertiary alicyclic amines) is 1. The van der Waals surface area contributed by atoms with Gasteiger partial charge in [0, 0.05) is 33.2 Å². The van der Waals surface area contributed by atoms with Gasteiger partial charge in [0.25, 0.3) is 0 Å². The van der Waals surface area contributed by atoms with Crippen LogP contribution in [-0.4, -0.2) is 76.4 Å². The summed E-state index contributed by atoms with van der Waals surface area (Å²) in [5, 5.41) is 2.80. The number of nitrogens with zero attached hydrogens (tertiary/aromatic N) is 5. The van der Waals surface area contributed by atoms with Gasteiger partial charge in [0.2, 0.25) is 11.8 Å². The highest BCUT2D eigenvalue weighted by Gasteiger charge is 2.28. The van der Waals surface area contributed by atoms with Crippen LogP contribution in [0.15, 0.2) is 12.7 Å². The number of carbonyl (C=O) groups excluding carboxylic acids is 2. The summed E-state index contributed by atoms with van der Waals surface area (Å²) < 4.78 is 0. The second-order valence-electron chi connectivity index (χ2n) is 6.41. The van der Waals surface area contributed by atoms with Gasteiger partial charge >= 0.3 is 0 Å². The number of H-pyrrole nitrogens is 1. The molecule has 10 nitrogen and oxygen atoms in total. The van der Waals surface area contributed by atoms with Crippen molar-refractivity contribution in [3.05, 3.63) is 12.7 Å². The Morgan fingerprint density at radius 2 is 2.27 bits per heavy atom. The number of aromatic amines is 1. The molecule has 1 aliphatic heterocycles. The van der Waals surface area contributed by atoms with Crippen molar-refractivity contribution < 1.29 is 9.59 Å². The number of fused-ring (bicyclic) bond motifs is 1. The first kappa shape index (κ1) is 18.1. The van der Waals surface area contributed by atoms with E-state index in [4.69, 9.17) is 5.73 Å². The van der Waals surface area contributed by atoms with E-state index in [-0.39, 0.29) is 24.3 Å². The zero-order chi connectivity index (χ0) is 18.5. The number of likely N-dealkylation sites (N-methyl/N-ethyl adjacent to an activating group) is 1. The molecule has 0 bridgehead atoms. The summed E-state index contributed by atoms with van der Waals surface area (Å²) in [7, 11) is 1.80. The zero-order valence-corrected chi connectivity index (χ0v) is 14.8. The summed E-state index contributed by atoms with van der Waals surface area (Å²) in [5.41, 5.74) is 6.68. The van der Waals surface area contributed by atoms with Gasteiger partial charge in [-0.3, -0.25) is 9.59 Å². The molecule has 1 atom stereocenters. The van der Waals surface area contributed by atoms with E-state index < -0.39 is 0 Å². The SMILES string of the molecule is CN(CC(=O)N1CCCC(C(=O)NCCN)C1)c1ncnc2nc[nH]c12. The molecule has 3 heterocycles. The first-order valence-electron chi connectivity index (χ1n) is 8.71. The van der Waals surface area contributed by atoms with E-state index in [1.807, 2.05) is 0 Å². The molecule has 0 aliphatic carbocycles. The molecule has 10 heteroatoms. The van der Waals surface area contributed by atoms with E-state index in [9.17, 15) is 9.59 Å². The van der Waals surface area contributed by atoms with Gasteiger partial charge in [0.05, 0.1) is 18.8 Å². The van der Waals surface area contributed by atoms with Crippen LogP contribution < -0.4 is 16.0 Å². The molecule has 0 radical (unpaired) electrons. The molecule has 3 rings (SSSR count). The minimum absolute atomic E-state index is 0.0312. The summed E-state index contributed by atoms with van der Waals surface area (Å²) in [5.74, 6) is 0.379. The molecule has 26 heavy (non-hydrogen) atoms. The standard InChI is InChI=1S/C16H24N8O2/c1-23(15-13-14(20-9-19-13)21-10-22-15)8-12(25)24-6-2-3-11(7-24)16(26)18-5-4-17/h9-11H,2-8,17H2,1H3,(H,18,26)(H,19,20,21,22). The number of imidazole rings is 1. The Morgan fingerprint density at radius 3 is 3.08 bits per heavy atom. The maximum absolute atomic E-state index is 12.7. The van der Waals surface area contributed by atoms with Crippen LogP contribution in [0.5, 0.6) is 0 Å². The van der Waals surface area contributed by atoms with E-state index in [0.29, 0.717) is 43.2 Å².